The minimum Gasteiger partial charge on any atom is -0.391 e. The summed E-state index contributed by atoms with van der Waals surface area (Å²) >= 11 is 0. The van der Waals surface area contributed by atoms with Crippen LogP contribution < -0.4 is 5.32 Å². The average molecular weight is 838 g/mol. The highest BCUT2D eigenvalue weighted by atomic mass is 31.2. The lowest BCUT2D eigenvalue weighted by molar-refractivity contribution is -0.870. The molecule has 0 aromatic heterocycles. The third-order valence-corrected chi connectivity index (χ3v) is 11.6. The Bertz CT molecular complexity index is 1090. The molecular formula is C49H94N2O6P+. The van der Waals surface area contributed by atoms with Gasteiger partial charge in [0.15, 0.2) is 0 Å². The molecule has 0 aliphatic rings. The van der Waals surface area contributed by atoms with Crippen LogP contribution in [0.2, 0.25) is 0 Å². The number of carbonyl (C=O) groups excluding carboxylic acids is 1. The normalized spacial score (nSPS) is 14.7. The number of carbonyl (C=O) groups is 1. The first-order valence-corrected chi connectivity index (χ1v) is 25.5. The van der Waals surface area contributed by atoms with Gasteiger partial charge in [-0.15, -0.1) is 0 Å². The number of amides is 1. The van der Waals surface area contributed by atoms with E-state index in [0.717, 1.165) is 64.2 Å². The summed E-state index contributed by atoms with van der Waals surface area (Å²) in [5.41, 5.74) is 0. The summed E-state index contributed by atoms with van der Waals surface area (Å²) in [7, 11) is 1.61. The van der Waals surface area contributed by atoms with Crippen molar-refractivity contribution in [2.24, 2.45) is 0 Å². The van der Waals surface area contributed by atoms with Gasteiger partial charge in [-0.3, -0.25) is 13.8 Å². The molecule has 0 saturated carbocycles. The van der Waals surface area contributed by atoms with E-state index in [-0.39, 0.29) is 19.1 Å². The maximum absolute atomic E-state index is 12.9. The first-order chi connectivity index (χ1) is 28.0. The zero-order valence-electron chi connectivity index (χ0n) is 38.5. The molecule has 1 amide bonds. The lowest BCUT2D eigenvalue weighted by atomic mass is 10.0. The summed E-state index contributed by atoms with van der Waals surface area (Å²) in [5.74, 6) is -0.149. The van der Waals surface area contributed by atoms with Crippen LogP contribution >= 0.6 is 7.82 Å². The van der Waals surface area contributed by atoms with E-state index in [1.165, 1.54) is 116 Å². The molecule has 0 aromatic carbocycles. The lowest BCUT2D eigenvalue weighted by Gasteiger charge is -2.26. The van der Waals surface area contributed by atoms with E-state index in [9.17, 15) is 19.4 Å². The van der Waals surface area contributed by atoms with Gasteiger partial charge in [-0.1, -0.05) is 197 Å². The molecule has 0 radical (unpaired) electrons. The van der Waals surface area contributed by atoms with Crippen LogP contribution in [0.25, 0.3) is 0 Å². The average Bonchev–Trinajstić information content (AvgIpc) is 3.17. The Hall–Kier alpha value is -1.54. The molecule has 3 N–H and O–H groups in total. The maximum Gasteiger partial charge on any atom is 0.472 e. The number of aliphatic hydroxyl groups is 1. The zero-order valence-corrected chi connectivity index (χ0v) is 39.4. The van der Waals surface area contributed by atoms with Crippen molar-refractivity contribution in [3.63, 3.8) is 0 Å². The molecular weight excluding hydrogens is 744 g/mol. The predicted octanol–water partition coefficient (Wildman–Crippen LogP) is 13.6. The quantitative estimate of drug-likeness (QED) is 0.0244. The van der Waals surface area contributed by atoms with Gasteiger partial charge < -0.3 is 19.8 Å². The molecule has 0 aliphatic heterocycles. The Balaban J connectivity index is 4.18. The zero-order chi connectivity index (χ0) is 42.8. The van der Waals surface area contributed by atoms with Crippen molar-refractivity contribution in [1.82, 2.24) is 5.32 Å². The minimum absolute atomic E-state index is 0.0732. The van der Waals surface area contributed by atoms with Gasteiger partial charge in [-0.2, -0.15) is 0 Å². The Kier molecular flexibility index (Phi) is 39.8. The van der Waals surface area contributed by atoms with Crippen molar-refractivity contribution in [1.29, 1.82) is 0 Å². The number of aliphatic hydroxyl groups excluding tert-OH is 1. The first-order valence-electron chi connectivity index (χ1n) is 24.0. The molecule has 0 fully saturated rings. The summed E-state index contributed by atoms with van der Waals surface area (Å²) in [6, 6.07) is -0.761. The second kappa shape index (κ2) is 40.8. The van der Waals surface area contributed by atoms with Gasteiger partial charge in [0.2, 0.25) is 5.91 Å². The van der Waals surface area contributed by atoms with Crippen LogP contribution in [0.15, 0.2) is 48.6 Å². The largest absolute Gasteiger partial charge is 0.472 e. The summed E-state index contributed by atoms with van der Waals surface area (Å²) in [6.45, 7) is 4.76. The minimum atomic E-state index is -4.31. The summed E-state index contributed by atoms with van der Waals surface area (Å²) < 4.78 is 23.6. The lowest BCUT2D eigenvalue weighted by Crippen LogP contribution is -2.46. The Morgan fingerprint density at radius 2 is 1.03 bits per heavy atom. The third-order valence-electron chi connectivity index (χ3n) is 10.6. The molecule has 3 atom stereocenters. The smallest absolute Gasteiger partial charge is 0.391 e. The van der Waals surface area contributed by atoms with Gasteiger partial charge in [0.25, 0.3) is 0 Å². The van der Waals surface area contributed by atoms with Gasteiger partial charge in [-0.25, -0.2) is 4.57 Å². The number of allylic oxidation sites excluding steroid dienone is 8. The van der Waals surface area contributed by atoms with E-state index in [2.05, 4.69) is 67.8 Å². The number of likely N-dealkylation sites (N-methyl/N-ethyl adjacent to an activating group) is 1. The van der Waals surface area contributed by atoms with Gasteiger partial charge in [0, 0.05) is 6.42 Å². The highest BCUT2D eigenvalue weighted by molar-refractivity contribution is 7.47. The molecule has 0 spiro atoms. The molecule has 9 heteroatoms. The summed E-state index contributed by atoms with van der Waals surface area (Å²) in [6.07, 6.45) is 51.4. The number of quaternary nitrogens is 1. The van der Waals surface area contributed by atoms with Crippen LogP contribution in [0.5, 0.6) is 0 Å². The Morgan fingerprint density at radius 1 is 0.603 bits per heavy atom. The van der Waals surface area contributed by atoms with Gasteiger partial charge in [0.1, 0.15) is 13.2 Å². The number of hydrogen-bond donors (Lipinski definition) is 3. The number of unbranched alkanes of at least 4 members (excludes halogenated alkanes) is 22. The molecule has 0 heterocycles. The highest BCUT2D eigenvalue weighted by Crippen LogP contribution is 2.43. The van der Waals surface area contributed by atoms with Crippen molar-refractivity contribution in [3.8, 4) is 0 Å². The number of phosphoric acid groups is 1. The fourth-order valence-electron chi connectivity index (χ4n) is 6.80. The number of nitrogens with one attached hydrogen (secondary N) is 1. The molecule has 0 aromatic rings. The SMILES string of the molecule is CC/C=C\C/C=C\C/C=C\C/C=C\CCCCCCCCCCCCCCC(=O)NC(COP(=O)(O)OCC[N+](C)(C)C)C(O)CCCCCCCCCCCCC. The van der Waals surface area contributed by atoms with Crippen LogP contribution in [-0.2, 0) is 18.4 Å². The number of rotatable bonds is 43. The number of nitrogens with zero attached hydrogens (tertiary/aromatic N) is 1. The summed E-state index contributed by atoms with van der Waals surface area (Å²) in [4.78, 5) is 23.2. The van der Waals surface area contributed by atoms with Crippen LogP contribution in [-0.4, -0.2) is 73.4 Å². The molecule has 58 heavy (non-hydrogen) atoms. The van der Waals surface area contributed by atoms with Gasteiger partial charge in [0.05, 0.1) is 39.9 Å². The predicted molar refractivity (Wildman–Crippen MR) is 249 cm³/mol. The van der Waals surface area contributed by atoms with E-state index in [1.807, 2.05) is 21.1 Å². The van der Waals surface area contributed by atoms with Crippen molar-refractivity contribution < 1.29 is 32.9 Å². The molecule has 0 aliphatic carbocycles. The van der Waals surface area contributed by atoms with E-state index in [4.69, 9.17) is 9.05 Å². The van der Waals surface area contributed by atoms with E-state index >= 15 is 0 Å². The first kappa shape index (κ1) is 56.5. The monoisotopic (exact) mass is 838 g/mol. The van der Waals surface area contributed by atoms with Crippen molar-refractivity contribution in [2.75, 3.05) is 40.9 Å². The van der Waals surface area contributed by atoms with Crippen molar-refractivity contribution in [2.45, 2.75) is 219 Å². The van der Waals surface area contributed by atoms with E-state index in [1.54, 1.807) is 0 Å². The molecule has 340 valence electrons. The molecule has 0 bridgehead atoms. The molecule has 0 saturated heterocycles. The number of phosphoric ester groups is 1. The van der Waals surface area contributed by atoms with Gasteiger partial charge in [-0.05, 0) is 51.4 Å². The topological polar surface area (TPSA) is 105 Å². The Morgan fingerprint density at radius 3 is 1.52 bits per heavy atom. The van der Waals surface area contributed by atoms with Crippen LogP contribution in [0, 0.1) is 0 Å². The van der Waals surface area contributed by atoms with Crippen molar-refractivity contribution >= 4 is 13.7 Å². The van der Waals surface area contributed by atoms with Crippen LogP contribution in [0.4, 0.5) is 0 Å². The second-order valence-electron chi connectivity index (χ2n) is 17.5. The molecule has 8 nitrogen and oxygen atoms in total. The van der Waals surface area contributed by atoms with Crippen molar-refractivity contribution in [3.05, 3.63) is 48.6 Å². The number of hydrogen-bond acceptors (Lipinski definition) is 5. The highest BCUT2D eigenvalue weighted by Gasteiger charge is 2.28. The maximum atomic E-state index is 12.9. The molecule has 0 rings (SSSR count). The fraction of sp³-hybridized carbons (Fsp3) is 0.816. The third kappa shape index (κ3) is 42.6. The second-order valence-corrected chi connectivity index (χ2v) is 18.9. The van der Waals surface area contributed by atoms with E-state index in [0.29, 0.717) is 23.9 Å². The standard InChI is InChI=1S/C49H93N2O6P/c1-6-8-10-12-14-16-18-19-20-21-22-23-24-25-26-27-28-29-30-31-33-35-37-39-41-43-49(53)50-47(46-57-58(54,55)56-45-44-51(3,4)5)48(52)42-40-38-36-34-32-17-15-13-11-9-7-2/h8,10,14,16,19-20,22-23,47-48,52H,6-7,9,11-13,15,17-18,21,24-46H2,1-5H3,(H-,50,53,54,55)/p+1/b10-8-,16-14-,20-19-,23-22-. The van der Waals surface area contributed by atoms with Crippen LogP contribution in [0.1, 0.15) is 206 Å². The van der Waals surface area contributed by atoms with Crippen LogP contribution in [0.3, 0.4) is 0 Å². The Labute approximate surface area is 359 Å². The van der Waals surface area contributed by atoms with Gasteiger partial charge >= 0.3 is 7.82 Å². The molecule has 3 unspecified atom stereocenters. The fourth-order valence-corrected chi connectivity index (χ4v) is 7.54. The summed E-state index contributed by atoms with van der Waals surface area (Å²) in [5, 5.41) is 13.9. The van der Waals surface area contributed by atoms with E-state index < -0.39 is 20.0 Å².